The minimum atomic E-state index is -0.643. The van der Waals surface area contributed by atoms with Gasteiger partial charge >= 0.3 is 0 Å². The van der Waals surface area contributed by atoms with Crippen LogP contribution >= 0.6 is 24.8 Å². The number of nitrogens with one attached hydrogen (secondary N) is 1. The van der Waals surface area contributed by atoms with E-state index in [2.05, 4.69) is 43.2 Å². The predicted molar refractivity (Wildman–Crippen MR) is 117 cm³/mol. The SMILES string of the molecule is Cc1ccc(C(N)C(=O)NCc2cccc(CN(C)C(C)C)c2)cc1.Cl.Cl. The van der Waals surface area contributed by atoms with Gasteiger partial charge in [-0.1, -0.05) is 54.1 Å². The lowest BCUT2D eigenvalue weighted by Gasteiger charge is -2.21. The molecule has 0 heterocycles. The molecule has 0 aliphatic heterocycles. The number of carbonyl (C=O) groups excluding carboxylic acids is 1. The number of carbonyl (C=O) groups is 1. The van der Waals surface area contributed by atoms with Crippen molar-refractivity contribution in [1.82, 2.24) is 10.2 Å². The molecule has 150 valence electrons. The average molecular weight is 412 g/mol. The zero-order valence-electron chi connectivity index (χ0n) is 16.4. The minimum absolute atomic E-state index is 0. The van der Waals surface area contributed by atoms with Gasteiger partial charge in [-0.25, -0.2) is 0 Å². The van der Waals surface area contributed by atoms with Crippen LogP contribution in [0.5, 0.6) is 0 Å². The van der Waals surface area contributed by atoms with E-state index in [1.807, 2.05) is 43.3 Å². The standard InChI is InChI=1S/C21H29N3O.2ClH/c1-15(2)24(4)14-18-7-5-6-17(12-18)13-23-21(25)20(22)19-10-8-16(3)9-11-19;;/h5-12,15,20H,13-14,22H2,1-4H3,(H,23,25);2*1H. The summed E-state index contributed by atoms with van der Waals surface area (Å²) in [6.07, 6.45) is 0. The fraction of sp³-hybridized carbons (Fsp3) is 0.381. The van der Waals surface area contributed by atoms with E-state index in [9.17, 15) is 4.79 Å². The molecular weight excluding hydrogens is 381 g/mol. The van der Waals surface area contributed by atoms with Crippen molar-refractivity contribution < 1.29 is 4.79 Å². The van der Waals surface area contributed by atoms with Crippen LogP contribution in [-0.4, -0.2) is 23.9 Å². The number of nitrogens with two attached hydrogens (primary N) is 1. The lowest BCUT2D eigenvalue weighted by molar-refractivity contribution is -0.122. The van der Waals surface area contributed by atoms with E-state index >= 15 is 0 Å². The lowest BCUT2D eigenvalue weighted by atomic mass is 10.0. The van der Waals surface area contributed by atoms with Crippen molar-refractivity contribution in [3.63, 3.8) is 0 Å². The third-order valence-electron chi connectivity index (χ3n) is 4.49. The second-order valence-electron chi connectivity index (χ2n) is 6.93. The highest BCUT2D eigenvalue weighted by atomic mass is 35.5. The smallest absolute Gasteiger partial charge is 0.241 e. The molecule has 0 aliphatic carbocycles. The first-order valence-electron chi connectivity index (χ1n) is 8.74. The van der Waals surface area contributed by atoms with Gasteiger partial charge in [0, 0.05) is 19.1 Å². The van der Waals surface area contributed by atoms with Gasteiger partial charge in [-0.05, 0) is 44.5 Å². The van der Waals surface area contributed by atoms with Crippen LogP contribution < -0.4 is 11.1 Å². The largest absolute Gasteiger partial charge is 0.350 e. The summed E-state index contributed by atoms with van der Waals surface area (Å²) in [5.41, 5.74) is 10.4. The zero-order valence-corrected chi connectivity index (χ0v) is 18.1. The van der Waals surface area contributed by atoms with Crippen LogP contribution in [0.1, 0.15) is 42.1 Å². The highest BCUT2D eigenvalue weighted by molar-refractivity contribution is 5.85. The van der Waals surface area contributed by atoms with Crippen LogP contribution in [0.2, 0.25) is 0 Å². The molecule has 2 aromatic carbocycles. The first-order chi connectivity index (χ1) is 11.9. The summed E-state index contributed by atoms with van der Waals surface area (Å²) >= 11 is 0. The van der Waals surface area contributed by atoms with Gasteiger partial charge in [-0.2, -0.15) is 0 Å². The highest BCUT2D eigenvalue weighted by Crippen LogP contribution is 2.13. The Labute approximate surface area is 175 Å². The Morgan fingerprint density at radius 3 is 2.26 bits per heavy atom. The summed E-state index contributed by atoms with van der Waals surface area (Å²) in [7, 11) is 2.11. The molecule has 0 saturated carbocycles. The van der Waals surface area contributed by atoms with Crippen LogP contribution in [0.3, 0.4) is 0 Å². The molecular formula is C21H31Cl2N3O. The molecule has 0 aromatic heterocycles. The lowest BCUT2D eigenvalue weighted by Crippen LogP contribution is -2.33. The predicted octanol–water partition coefficient (Wildman–Crippen LogP) is 4.00. The normalized spacial score (nSPS) is 11.5. The molecule has 0 bridgehead atoms. The maximum Gasteiger partial charge on any atom is 0.241 e. The van der Waals surface area contributed by atoms with Gasteiger partial charge < -0.3 is 11.1 Å². The number of benzene rings is 2. The van der Waals surface area contributed by atoms with Crippen LogP contribution in [-0.2, 0) is 17.9 Å². The van der Waals surface area contributed by atoms with E-state index in [0.29, 0.717) is 12.6 Å². The summed E-state index contributed by atoms with van der Waals surface area (Å²) in [4.78, 5) is 14.6. The van der Waals surface area contributed by atoms with Gasteiger partial charge in [-0.3, -0.25) is 9.69 Å². The molecule has 3 N–H and O–H groups in total. The quantitative estimate of drug-likeness (QED) is 0.723. The van der Waals surface area contributed by atoms with Crippen molar-refractivity contribution in [3.8, 4) is 0 Å². The number of rotatable bonds is 7. The Kier molecular flexibility index (Phi) is 11.3. The second kappa shape index (κ2) is 12.0. The number of nitrogens with zero attached hydrogens (tertiary/aromatic N) is 1. The van der Waals surface area contributed by atoms with E-state index in [4.69, 9.17) is 5.73 Å². The van der Waals surface area contributed by atoms with E-state index in [1.165, 1.54) is 5.56 Å². The van der Waals surface area contributed by atoms with E-state index in [1.54, 1.807) is 0 Å². The second-order valence-corrected chi connectivity index (χ2v) is 6.93. The maximum atomic E-state index is 12.3. The molecule has 0 spiro atoms. The molecule has 1 unspecified atom stereocenters. The Morgan fingerprint density at radius 1 is 1.07 bits per heavy atom. The maximum absolute atomic E-state index is 12.3. The van der Waals surface area contributed by atoms with Gasteiger partial charge in [0.25, 0.3) is 0 Å². The Hall–Kier alpha value is -1.59. The molecule has 0 aliphatic rings. The summed E-state index contributed by atoms with van der Waals surface area (Å²) in [6, 6.07) is 15.9. The van der Waals surface area contributed by atoms with Crippen LogP contribution in [0, 0.1) is 6.92 Å². The monoisotopic (exact) mass is 411 g/mol. The molecule has 0 fully saturated rings. The summed E-state index contributed by atoms with van der Waals surface area (Å²) in [5, 5.41) is 2.94. The molecule has 6 heteroatoms. The first-order valence-corrected chi connectivity index (χ1v) is 8.74. The van der Waals surface area contributed by atoms with Crippen molar-refractivity contribution in [1.29, 1.82) is 0 Å². The number of halogens is 2. The topological polar surface area (TPSA) is 58.4 Å². The van der Waals surface area contributed by atoms with Gasteiger partial charge in [0.15, 0.2) is 0 Å². The summed E-state index contributed by atoms with van der Waals surface area (Å²) in [6.45, 7) is 7.74. The average Bonchev–Trinajstić information content (AvgIpc) is 2.60. The van der Waals surface area contributed by atoms with Crippen LogP contribution in [0.25, 0.3) is 0 Å². The number of amides is 1. The fourth-order valence-corrected chi connectivity index (χ4v) is 2.53. The van der Waals surface area contributed by atoms with Gasteiger partial charge in [0.05, 0.1) is 0 Å². The van der Waals surface area contributed by atoms with Crippen molar-refractivity contribution >= 4 is 30.7 Å². The third kappa shape index (κ3) is 7.89. The Balaban J connectivity index is 0.00000338. The molecule has 27 heavy (non-hydrogen) atoms. The van der Waals surface area contributed by atoms with E-state index in [-0.39, 0.29) is 30.7 Å². The molecule has 0 saturated heterocycles. The van der Waals surface area contributed by atoms with Crippen molar-refractivity contribution in [3.05, 3.63) is 70.8 Å². The fourth-order valence-electron chi connectivity index (χ4n) is 2.53. The van der Waals surface area contributed by atoms with Crippen molar-refractivity contribution in [2.45, 2.75) is 45.9 Å². The Morgan fingerprint density at radius 2 is 1.67 bits per heavy atom. The number of aryl methyl sites for hydroxylation is 1. The Bertz CT molecular complexity index is 705. The van der Waals surface area contributed by atoms with E-state index in [0.717, 1.165) is 23.2 Å². The number of hydrogen-bond donors (Lipinski definition) is 2. The van der Waals surface area contributed by atoms with Gasteiger partial charge in [-0.15, -0.1) is 24.8 Å². The molecule has 2 rings (SSSR count). The third-order valence-corrected chi connectivity index (χ3v) is 4.49. The van der Waals surface area contributed by atoms with Gasteiger partial charge in [0.2, 0.25) is 5.91 Å². The first kappa shape index (κ1) is 25.4. The summed E-state index contributed by atoms with van der Waals surface area (Å²) in [5.74, 6) is -0.159. The molecule has 0 radical (unpaired) electrons. The van der Waals surface area contributed by atoms with Crippen LogP contribution in [0.15, 0.2) is 48.5 Å². The minimum Gasteiger partial charge on any atom is -0.350 e. The number of hydrogen-bond acceptors (Lipinski definition) is 3. The zero-order chi connectivity index (χ0) is 18.4. The summed E-state index contributed by atoms with van der Waals surface area (Å²) < 4.78 is 0. The molecule has 2 aromatic rings. The van der Waals surface area contributed by atoms with Crippen molar-refractivity contribution in [2.24, 2.45) is 5.73 Å². The highest BCUT2D eigenvalue weighted by Gasteiger charge is 2.15. The molecule has 4 nitrogen and oxygen atoms in total. The molecule has 1 amide bonds. The van der Waals surface area contributed by atoms with Crippen molar-refractivity contribution in [2.75, 3.05) is 7.05 Å². The molecule has 1 atom stereocenters. The van der Waals surface area contributed by atoms with Crippen LogP contribution in [0.4, 0.5) is 0 Å². The van der Waals surface area contributed by atoms with E-state index < -0.39 is 6.04 Å². The van der Waals surface area contributed by atoms with Gasteiger partial charge in [0.1, 0.15) is 6.04 Å².